The molecule has 1 spiro atoms. The second-order valence-electron chi connectivity index (χ2n) is 10.7. The molecule has 2 heterocycles. The minimum Gasteiger partial charge on any atom is -0.392 e. The molecule has 3 aliphatic carbocycles. The summed E-state index contributed by atoms with van der Waals surface area (Å²) in [7, 11) is 0. The third kappa shape index (κ3) is 1.59. The molecule has 4 bridgehead atoms. The standard InChI is InChI=1S/C21H30O6/c1-9-10-5-6-11-17-19(4)12(22)7-8-18(2,3)13(19)16(25)21(26,27-17)20(11,14(9)23)15(10)24/h9-11,13,15-17,24-26H,5-8H2,1-4H3/t9?,10-,11-,13+,15?,16-,17?,19+,20-,21+/m0/s1. The molecule has 3 unspecified atom stereocenters. The van der Waals surface area contributed by atoms with Crippen molar-refractivity contribution in [2.45, 2.75) is 77.5 Å². The second kappa shape index (κ2) is 4.84. The van der Waals surface area contributed by atoms with E-state index < -0.39 is 46.8 Å². The zero-order chi connectivity index (χ0) is 19.7. The van der Waals surface area contributed by atoms with E-state index in [-0.39, 0.29) is 28.8 Å². The predicted molar refractivity (Wildman–Crippen MR) is 94.3 cm³/mol. The lowest BCUT2D eigenvalue weighted by atomic mass is 9.51. The summed E-state index contributed by atoms with van der Waals surface area (Å²) in [5.41, 5.74) is -2.89. The van der Waals surface area contributed by atoms with Crippen LogP contribution < -0.4 is 0 Å². The number of Topliss-reactive ketones (excluding diaryl/α,β-unsaturated/α-hetero) is 2. The fourth-order valence-electron chi connectivity index (χ4n) is 8.17. The van der Waals surface area contributed by atoms with Crippen LogP contribution in [0.3, 0.4) is 0 Å². The molecule has 27 heavy (non-hydrogen) atoms. The molecular weight excluding hydrogens is 348 g/mol. The number of aliphatic hydroxyl groups excluding tert-OH is 2. The Morgan fingerprint density at radius 3 is 2.41 bits per heavy atom. The average Bonchev–Trinajstić information content (AvgIpc) is 2.91. The van der Waals surface area contributed by atoms with Gasteiger partial charge in [0.25, 0.3) is 0 Å². The van der Waals surface area contributed by atoms with Crippen molar-refractivity contribution in [3.05, 3.63) is 0 Å². The van der Waals surface area contributed by atoms with Crippen LogP contribution in [0, 0.1) is 39.9 Å². The highest BCUT2D eigenvalue weighted by Gasteiger charge is 2.86. The largest absolute Gasteiger partial charge is 0.392 e. The quantitative estimate of drug-likeness (QED) is 0.582. The number of ether oxygens (including phenoxy) is 1. The Morgan fingerprint density at radius 1 is 1.07 bits per heavy atom. The maximum absolute atomic E-state index is 13.5. The van der Waals surface area contributed by atoms with Gasteiger partial charge in [-0.3, -0.25) is 9.59 Å². The number of rotatable bonds is 0. The third-order valence-corrected chi connectivity index (χ3v) is 9.39. The van der Waals surface area contributed by atoms with E-state index in [1.54, 1.807) is 6.92 Å². The Kier molecular flexibility index (Phi) is 3.26. The van der Waals surface area contributed by atoms with Gasteiger partial charge >= 0.3 is 0 Å². The highest BCUT2D eigenvalue weighted by molar-refractivity contribution is 5.94. The van der Waals surface area contributed by atoms with Crippen LogP contribution in [-0.4, -0.2) is 51.0 Å². The zero-order valence-corrected chi connectivity index (χ0v) is 16.4. The smallest absolute Gasteiger partial charge is 0.208 e. The van der Waals surface area contributed by atoms with Crippen molar-refractivity contribution in [3.63, 3.8) is 0 Å². The SMILES string of the molecule is CC1C(=O)[C@]23C(O)[C@H]1CC[C@H]2C1O[C@]3(O)[C@@H](O)[C@@H]2C(C)(C)CCC(=O)[C@@]12C. The average molecular weight is 378 g/mol. The maximum Gasteiger partial charge on any atom is 0.208 e. The highest BCUT2D eigenvalue weighted by atomic mass is 16.7. The van der Waals surface area contributed by atoms with Crippen LogP contribution in [0.5, 0.6) is 0 Å². The lowest BCUT2D eigenvalue weighted by Gasteiger charge is -2.59. The van der Waals surface area contributed by atoms with Gasteiger partial charge in [-0.15, -0.1) is 0 Å². The van der Waals surface area contributed by atoms with Gasteiger partial charge in [-0.1, -0.05) is 20.8 Å². The number of ketones is 2. The normalized spacial score (nSPS) is 60.9. The molecule has 5 rings (SSSR count). The van der Waals surface area contributed by atoms with Gasteiger partial charge in [0.05, 0.1) is 17.6 Å². The molecule has 0 amide bonds. The van der Waals surface area contributed by atoms with Crippen LogP contribution in [0.15, 0.2) is 0 Å². The summed E-state index contributed by atoms with van der Waals surface area (Å²) in [4.78, 5) is 26.6. The van der Waals surface area contributed by atoms with Crippen molar-refractivity contribution in [1.82, 2.24) is 0 Å². The molecule has 5 aliphatic rings. The molecule has 6 heteroatoms. The number of carbonyl (C=O) groups excluding carboxylic acids is 2. The van der Waals surface area contributed by atoms with Crippen molar-refractivity contribution < 1.29 is 29.6 Å². The summed E-state index contributed by atoms with van der Waals surface area (Å²) in [5, 5.41) is 34.4. The molecule has 6 nitrogen and oxygen atoms in total. The number of hydrogen-bond acceptors (Lipinski definition) is 6. The fraction of sp³-hybridized carbons (Fsp3) is 0.905. The third-order valence-electron chi connectivity index (χ3n) is 9.39. The van der Waals surface area contributed by atoms with Crippen LogP contribution in [0.4, 0.5) is 0 Å². The van der Waals surface area contributed by atoms with E-state index in [2.05, 4.69) is 0 Å². The van der Waals surface area contributed by atoms with E-state index in [9.17, 15) is 24.9 Å². The lowest BCUT2D eigenvalue weighted by Crippen LogP contribution is -2.70. The number of aliphatic hydroxyl groups is 3. The van der Waals surface area contributed by atoms with Gasteiger partial charge in [0.1, 0.15) is 17.3 Å². The van der Waals surface area contributed by atoms with Gasteiger partial charge in [-0.05, 0) is 37.5 Å². The minimum atomic E-state index is -2.14. The fourth-order valence-corrected chi connectivity index (χ4v) is 8.17. The van der Waals surface area contributed by atoms with Crippen LogP contribution in [-0.2, 0) is 14.3 Å². The predicted octanol–water partition coefficient (Wildman–Crippen LogP) is 1.05. The highest BCUT2D eigenvalue weighted by Crippen LogP contribution is 2.74. The van der Waals surface area contributed by atoms with Crippen molar-refractivity contribution in [1.29, 1.82) is 0 Å². The van der Waals surface area contributed by atoms with Gasteiger partial charge in [0.2, 0.25) is 5.79 Å². The van der Waals surface area contributed by atoms with Crippen molar-refractivity contribution in [2.24, 2.45) is 39.9 Å². The van der Waals surface area contributed by atoms with Crippen LogP contribution in [0.1, 0.15) is 53.4 Å². The molecule has 2 aliphatic heterocycles. The van der Waals surface area contributed by atoms with Crippen molar-refractivity contribution in [2.75, 3.05) is 0 Å². The zero-order valence-electron chi connectivity index (χ0n) is 16.4. The van der Waals surface area contributed by atoms with E-state index in [1.165, 1.54) is 0 Å². The van der Waals surface area contributed by atoms with Gasteiger partial charge in [0, 0.05) is 24.2 Å². The minimum absolute atomic E-state index is 0.0325. The summed E-state index contributed by atoms with van der Waals surface area (Å²) in [6.07, 6.45) is -0.790. The molecule has 0 aromatic carbocycles. The van der Waals surface area contributed by atoms with Gasteiger partial charge in [-0.2, -0.15) is 0 Å². The molecular formula is C21H30O6. The molecule has 0 aromatic rings. The topological polar surface area (TPSA) is 104 Å². The molecule has 2 saturated heterocycles. The molecule has 3 saturated carbocycles. The first-order valence-electron chi connectivity index (χ1n) is 10.3. The first-order valence-corrected chi connectivity index (χ1v) is 10.3. The Bertz CT molecular complexity index is 747. The number of hydrogen-bond donors (Lipinski definition) is 3. The van der Waals surface area contributed by atoms with Crippen LogP contribution in [0.2, 0.25) is 0 Å². The summed E-state index contributed by atoms with van der Waals surface area (Å²) in [6, 6.07) is 0. The Hall–Kier alpha value is -0.820. The molecule has 5 fully saturated rings. The van der Waals surface area contributed by atoms with Crippen molar-refractivity contribution in [3.8, 4) is 0 Å². The van der Waals surface area contributed by atoms with E-state index in [0.29, 0.717) is 25.7 Å². The Labute approximate surface area is 159 Å². The summed E-state index contributed by atoms with van der Waals surface area (Å²) in [6.45, 7) is 7.67. The number of carbonyl (C=O) groups is 2. The summed E-state index contributed by atoms with van der Waals surface area (Å²) < 4.78 is 6.09. The molecule has 10 atom stereocenters. The summed E-state index contributed by atoms with van der Waals surface area (Å²) >= 11 is 0. The van der Waals surface area contributed by atoms with Crippen LogP contribution in [0.25, 0.3) is 0 Å². The molecule has 150 valence electrons. The van der Waals surface area contributed by atoms with E-state index in [0.717, 1.165) is 0 Å². The lowest BCUT2D eigenvalue weighted by molar-refractivity contribution is -0.352. The first-order chi connectivity index (χ1) is 12.5. The van der Waals surface area contributed by atoms with Gasteiger partial charge in [0.15, 0.2) is 5.78 Å². The molecule has 3 N–H and O–H groups in total. The second-order valence-corrected chi connectivity index (χ2v) is 10.7. The molecule has 0 radical (unpaired) electrons. The van der Waals surface area contributed by atoms with Crippen LogP contribution >= 0.6 is 0 Å². The Balaban J connectivity index is 1.78. The van der Waals surface area contributed by atoms with Gasteiger partial charge < -0.3 is 20.1 Å². The maximum atomic E-state index is 13.5. The van der Waals surface area contributed by atoms with Crippen molar-refractivity contribution >= 4 is 11.6 Å². The monoisotopic (exact) mass is 378 g/mol. The Morgan fingerprint density at radius 2 is 1.74 bits per heavy atom. The molecule has 0 aromatic heterocycles. The van der Waals surface area contributed by atoms with E-state index >= 15 is 0 Å². The van der Waals surface area contributed by atoms with E-state index in [4.69, 9.17) is 4.74 Å². The summed E-state index contributed by atoms with van der Waals surface area (Å²) in [5.74, 6) is -3.90. The first kappa shape index (κ1) is 18.2. The van der Waals surface area contributed by atoms with E-state index in [1.807, 2.05) is 20.8 Å². The van der Waals surface area contributed by atoms with Gasteiger partial charge in [-0.25, -0.2) is 0 Å². The number of fused-ring (bicyclic) bond motifs is 6.